The van der Waals surface area contributed by atoms with Crippen molar-refractivity contribution in [3.8, 4) is 0 Å². The standard InChI is InChI=1S/C30H50O3.C3H6OS.C2H6.2CH4/c1-26(2)14-15-27(3)12-10-20-19(21(27)16-26)8-9-23-28(20,4)13-11-24-29(23,5)17-22(33-7)25(32)30(24,6)18-31;1-3(5)2-4;1-2;;/h8,20-25,31-32H,9-18H2,1-7H3;2-3,5H,1H3;1-2H3;2*1H4. The molecule has 0 heterocycles. The number of allylic oxidation sites excluding steroid dienone is 2. The molecule has 4 fully saturated rings. The average molecular weight is 611 g/mol. The number of carbonyl (C=O) groups excluding carboxylic acids is 1. The van der Waals surface area contributed by atoms with Crippen LogP contribution in [-0.4, -0.2) is 47.7 Å². The third kappa shape index (κ3) is 6.61. The molecule has 0 spiro atoms. The van der Waals surface area contributed by atoms with E-state index in [0.29, 0.717) is 34.0 Å². The van der Waals surface area contributed by atoms with Gasteiger partial charge >= 0.3 is 0 Å². The average Bonchev–Trinajstić information content (AvgIpc) is 2.92. The lowest BCUT2D eigenvalue weighted by Gasteiger charge is -2.69. The molecule has 0 aromatic carbocycles. The molecule has 0 aromatic rings. The van der Waals surface area contributed by atoms with Gasteiger partial charge in [0.2, 0.25) is 0 Å². The van der Waals surface area contributed by atoms with E-state index in [2.05, 4.69) is 60.2 Å². The summed E-state index contributed by atoms with van der Waals surface area (Å²) in [7, 11) is 1.74. The van der Waals surface area contributed by atoms with Crippen LogP contribution in [0.5, 0.6) is 0 Å². The number of rotatable bonds is 3. The summed E-state index contributed by atoms with van der Waals surface area (Å²) in [5.41, 5.74) is 2.68. The minimum absolute atomic E-state index is 0. The highest BCUT2D eigenvalue weighted by Gasteiger charge is 2.66. The van der Waals surface area contributed by atoms with Crippen LogP contribution in [0.15, 0.2) is 11.6 Å². The molecule has 11 atom stereocenters. The van der Waals surface area contributed by atoms with Crippen LogP contribution >= 0.6 is 12.6 Å². The molecule has 0 bridgehead atoms. The van der Waals surface area contributed by atoms with Gasteiger partial charge in [-0.3, -0.25) is 0 Å². The number of aldehydes is 1. The van der Waals surface area contributed by atoms with Crippen molar-refractivity contribution in [3.63, 3.8) is 0 Å². The monoisotopic (exact) mass is 610 g/mol. The second kappa shape index (κ2) is 14.4. The van der Waals surface area contributed by atoms with Crippen LogP contribution in [0.3, 0.4) is 0 Å². The van der Waals surface area contributed by atoms with Gasteiger partial charge in [-0.05, 0) is 110 Å². The maximum atomic E-state index is 11.2. The maximum Gasteiger partial charge on any atom is 0.132 e. The normalized spacial score (nSPS) is 45.4. The first-order valence-corrected chi connectivity index (χ1v) is 16.8. The number of aliphatic hydroxyl groups is 2. The molecular weight excluding hydrogens is 540 g/mol. The van der Waals surface area contributed by atoms with E-state index in [9.17, 15) is 15.0 Å². The van der Waals surface area contributed by atoms with Crippen molar-refractivity contribution in [3.05, 3.63) is 11.6 Å². The Labute approximate surface area is 266 Å². The molecule has 4 saturated carbocycles. The number of thiol groups is 1. The zero-order chi connectivity index (χ0) is 30.3. The first-order chi connectivity index (χ1) is 18.6. The molecule has 11 unspecified atom stereocenters. The molecule has 5 aliphatic carbocycles. The predicted octanol–water partition coefficient (Wildman–Crippen LogP) is 9.18. The summed E-state index contributed by atoms with van der Waals surface area (Å²) >= 11 is 3.73. The van der Waals surface area contributed by atoms with Gasteiger partial charge in [0.15, 0.2) is 0 Å². The van der Waals surface area contributed by atoms with Gasteiger partial charge in [0.25, 0.3) is 0 Å². The summed E-state index contributed by atoms with van der Waals surface area (Å²) in [5, 5.41) is 21.6. The summed E-state index contributed by atoms with van der Waals surface area (Å²) in [5.74, 6) is 2.39. The predicted molar refractivity (Wildman–Crippen MR) is 183 cm³/mol. The number of methoxy groups -OCH3 is 1. The Hall–Kier alpha value is -0.360. The summed E-state index contributed by atoms with van der Waals surface area (Å²) in [4.78, 5) is 9.43. The highest BCUT2D eigenvalue weighted by atomic mass is 32.1. The van der Waals surface area contributed by atoms with E-state index in [4.69, 9.17) is 4.74 Å². The molecule has 0 aromatic heterocycles. The van der Waals surface area contributed by atoms with Crippen LogP contribution in [0.2, 0.25) is 0 Å². The topological polar surface area (TPSA) is 66.8 Å². The Morgan fingerprint density at radius 2 is 1.55 bits per heavy atom. The fraction of sp³-hybridized carbons (Fsp3) is 0.919. The Balaban J connectivity index is 0.000000891. The first kappa shape index (κ1) is 39.7. The summed E-state index contributed by atoms with van der Waals surface area (Å²) in [6.45, 7) is 20.6. The summed E-state index contributed by atoms with van der Waals surface area (Å²) < 4.78 is 5.86. The number of carbonyl (C=O) groups is 1. The minimum atomic E-state index is -0.593. The van der Waals surface area contributed by atoms with Gasteiger partial charge in [0.1, 0.15) is 6.29 Å². The zero-order valence-corrected chi connectivity index (χ0v) is 28.3. The van der Waals surface area contributed by atoms with Crippen LogP contribution in [-0.2, 0) is 9.53 Å². The van der Waals surface area contributed by atoms with Crippen molar-refractivity contribution in [1.29, 1.82) is 0 Å². The largest absolute Gasteiger partial charge is 0.396 e. The van der Waals surface area contributed by atoms with E-state index in [0.717, 1.165) is 31.5 Å². The fourth-order valence-electron chi connectivity index (χ4n) is 10.5. The van der Waals surface area contributed by atoms with Crippen molar-refractivity contribution in [2.75, 3.05) is 13.7 Å². The number of aliphatic hydroxyl groups excluding tert-OH is 2. The highest BCUT2D eigenvalue weighted by molar-refractivity contribution is 7.81. The van der Waals surface area contributed by atoms with E-state index < -0.39 is 11.5 Å². The molecule has 0 amide bonds. The van der Waals surface area contributed by atoms with Gasteiger partial charge < -0.3 is 19.7 Å². The molecule has 42 heavy (non-hydrogen) atoms. The van der Waals surface area contributed by atoms with Crippen LogP contribution in [0, 0.1) is 50.7 Å². The molecule has 5 rings (SSSR count). The lowest BCUT2D eigenvalue weighted by Crippen LogP contribution is -2.66. The van der Waals surface area contributed by atoms with Gasteiger partial charge in [-0.25, -0.2) is 0 Å². The van der Waals surface area contributed by atoms with Gasteiger partial charge in [0, 0.05) is 12.5 Å². The second-order valence-corrected chi connectivity index (χ2v) is 16.5. The van der Waals surface area contributed by atoms with Crippen LogP contribution in [0.1, 0.15) is 135 Å². The third-order valence-electron chi connectivity index (χ3n) is 12.8. The molecule has 248 valence electrons. The van der Waals surface area contributed by atoms with E-state index in [1.807, 2.05) is 19.4 Å². The maximum absolute atomic E-state index is 11.2. The molecule has 2 N–H and O–H groups in total. The summed E-state index contributed by atoms with van der Waals surface area (Å²) in [6.07, 6.45) is 14.0. The molecule has 0 radical (unpaired) electrons. The van der Waals surface area contributed by atoms with Gasteiger partial charge in [0.05, 0.1) is 24.1 Å². The van der Waals surface area contributed by atoms with E-state index in [-0.39, 0.29) is 38.2 Å². The van der Waals surface area contributed by atoms with Crippen molar-refractivity contribution in [2.24, 2.45) is 50.7 Å². The number of ether oxygens (including phenoxy) is 1. The van der Waals surface area contributed by atoms with Crippen molar-refractivity contribution in [2.45, 2.75) is 152 Å². The minimum Gasteiger partial charge on any atom is -0.396 e. The molecular formula is C37H70O4S. The Morgan fingerprint density at radius 1 is 0.952 bits per heavy atom. The number of fused-ring (bicyclic) bond motifs is 7. The Morgan fingerprint density at radius 3 is 2.07 bits per heavy atom. The van der Waals surface area contributed by atoms with Gasteiger partial charge in [-0.1, -0.05) is 81.9 Å². The molecule has 0 saturated heterocycles. The molecule has 0 aliphatic heterocycles. The zero-order valence-electron chi connectivity index (χ0n) is 27.4. The molecule has 5 aliphatic rings. The van der Waals surface area contributed by atoms with Crippen molar-refractivity contribution >= 4 is 18.9 Å². The second-order valence-electron chi connectivity index (χ2n) is 15.7. The van der Waals surface area contributed by atoms with Crippen LogP contribution < -0.4 is 0 Å². The van der Waals surface area contributed by atoms with E-state index in [1.54, 1.807) is 14.0 Å². The highest BCUT2D eigenvalue weighted by Crippen LogP contribution is 2.72. The Bertz CT molecular complexity index is 915. The number of hydrogen-bond acceptors (Lipinski definition) is 5. The SMILES string of the molecule is C.C.CC.CC(S)C=O.COC1CC2(C)C3CC=C4C5CC(C)(C)CCC5(C)CCC4C3(C)CCC2C(C)(CO)C1O. The van der Waals surface area contributed by atoms with Crippen molar-refractivity contribution in [1.82, 2.24) is 0 Å². The van der Waals surface area contributed by atoms with Gasteiger partial charge in [-0.2, -0.15) is 12.6 Å². The van der Waals surface area contributed by atoms with Crippen LogP contribution in [0.4, 0.5) is 0 Å². The molecule has 4 nitrogen and oxygen atoms in total. The first-order valence-electron chi connectivity index (χ1n) is 16.3. The van der Waals surface area contributed by atoms with Gasteiger partial charge in [-0.15, -0.1) is 0 Å². The quantitative estimate of drug-likeness (QED) is 0.169. The third-order valence-corrected chi connectivity index (χ3v) is 13.0. The van der Waals surface area contributed by atoms with Crippen LogP contribution in [0.25, 0.3) is 0 Å². The van der Waals surface area contributed by atoms with Crippen molar-refractivity contribution < 1.29 is 19.7 Å². The lowest BCUT2D eigenvalue weighted by atomic mass is 9.36. The Kier molecular flexibility index (Phi) is 13.6. The van der Waals surface area contributed by atoms with E-state index in [1.165, 1.54) is 38.5 Å². The molecule has 5 heteroatoms. The lowest BCUT2D eigenvalue weighted by molar-refractivity contribution is -0.238. The van der Waals surface area contributed by atoms with E-state index >= 15 is 0 Å². The summed E-state index contributed by atoms with van der Waals surface area (Å²) in [6, 6.07) is 0. The fourth-order valence-corrected chi connectivity index (χ4v) is 10.5. The smallest absolute Gasteiger partial charge is 0.132 e. The number of hydrogen-bond donors (Lipinski definition) is 3.